The summed E-state index contributed by atoms with van der Waals surface area (Å²) >= 11 is 0. The SMILES string of the molecule is COC1C(O)C(CO)OC1n1c(C)nc2c(=O)[nH]c(N)nc21. The number of aliphatic hydroxyl groups excluding tert-OH is 2. The van der Waals surface area contributed by atoms with Crippen molar-refractivity contribution in [1.82, 2.24) is 19.5 Å². The quantitative estimate of drug-likeness (QED) is 0.523. The first kappa shape index (κ1) is 14.9. The lowest BCUT2D eigenvalue weighted by Gasteiger charge is -2.21. The lowest BCUT2D eigenvalue weighted by molar-refractivity contribution is -0.0592. The fourth-order valence-electron chi connectivity index (χ4n) is 2.75. The van der Waals surface area contributed by atoms with Crippen LogP contribution in [0.25, 0.3) is 11.2 Å². The Morgan fingerprint density at radius 3 is 2.86 bits per heavy atom. The van der Waals surface area contributed by atoms with Crippen molar-refractivity contribution in [1.29, 1.82) is 0 Å². The molecule has 4 atom stereocenters. The van der Waals surface area contributed by atoms with Crippen molar-refractivity contribution in [2.75, 3.05) is 19.5 Å². The van der Waals surface area contributed by atoms with Crippen molar-refractivity contribution >= 4 is 17.1 Å². The van der Waals surface area contributed by atoms with Crippen LogP contribution in [0.2, 0.25) is 0 Å². The van der Waals surface area contributed by atoms with E-state index in [0.717, 1.165) is 0 Å². The van der Waals surface area contributed by atoms with Crippen LogP contribution in [0, 0.1) is 6.92 Å². The van der Waals surface area contributed by atoms with E-state index in [9.17, 15) is 15.0 Å². The highest BCUT2D eigenvalue weighted by atomic mass is 16.6. The molecule has 0 radical (unpaired) electrons. The standard InChI is InChI=1S/C12H17N5O5/c1-4-14-6-9(15-12(13)16-10(6)20)17(4)11-8(21-2)7(19)5(3-18)22-11/h5,7-8,11,18-19H,3H2,1-2H3,(H3,13,15,16,20). The van der Waals surface area contributed by atoms with E-state index in [1.807, 2.05) is 0 Å². The molecule has 5 N–H and O–H groups in total. The van der Waals surface area contributed by atoms with Crippen LogP contribution in [0.4, 0.5) is 5.95 Å². The van der Waals surface area contributed by atoms with Crippen molar-refractivity contribution < 1.29 is 19.7 Å². The van der Waals surface area contributed by atoms with E-state index < -0.39 is 30.1 Å². The number of ether oxygens (including phenoxy) is 2. The predicted molar refractivity (Wildman–Crippen MR) is 75.1 cm³/mol. The summed E-state index contributed by atoms with van der Waals surface area (Å²) in [5.74, 6) is 0.404. The number of aliphatic hydroxyl groups is 2. The van der Waals surface area contributed by atoms with Gasteiger partial charge in [0.1, 0.15) is 24.1 Å². The monoisotopic (exact) mass is 311 g/mol. The highest BCUT2D eigenvalue weighted by Crippen LogP contribution is 2.33. The Hall–Kier alpha value is -2.01. The third kappa shape index (κ3) is 2.08. The zero-order valence-electron chi connectivity index (χ0n) is 12.1. The van der Waals surface area contributed by atoms with Crippen molar-refractivity contribution in [2.45, 2.75) is 31.5 Å². The Balaban J connectivity index is 2.17. The molecular weight excluding hydrogens is 294 g/mol. The fourth-order valence-corrected chi connectivity index (χ4v) is 2.75. The van der Waals surface area contributed by atoms with E-state index in [1.54, 1.807) is 6.92 Å². The maximum atomic E-state index is 11.9. The molecule has 0 amide bonds. The third-order valence-electron chi connectivity index (χ3n) is 3.76. The van der Waals surface area contributed by atoms with Crippen LogP contribution >= 0.6 is 0 Å². The van der Waals surface area contributed by atoms with E-state index in [2.05, 4.69) is 15.0 Å². The Labute approximate surface area is 124 Å². The molecule has 0 saturated carbocycles. The number of nitrogens with one attached hydrogen (secondary N) is 1. The van der Waals surface area contributed by atoms with Crippen LogP contribution in [0.5, 0.6) is 0 Å². The molecule has 120 valence electrons. The Morgan fingerprint density at radius 1 is 1.50 bits per heavy atom. The van der Waals surface area contributed by atoms with Gasteiger partial charge in [0, 0.05) is 7.11 Å². The van der Waals surface area contributed by atoms with Crippen LogP contribution < -0.4 is 11.3 Å². The number of rotatable bonds is 3. The summed E-state index contributed by atoms with van der Waals surface area (Å²) in [7, 11) is 1.42. The van der Waals surface area contributed by atoms with Crippen molar-refractivity contribution in [3.63, 3.8) is 0 Å². The summed E-state index contributed by atoms with van der Waals surface area (Å²) in [5.41, 5.74) is 5.47. The Kier molecular flexibility index (Phi) is 3.60. The van der Waals surface area contributed by atoms with E-state index in [0.29, 0.717) is 5.82 Å². The number of anilines is 1. The molecule has 10 heteroatoms. The average molecular weight is 311 g/mol. The molecule has 2 aromatic rings. The van der Waals surface area contributed by atoms with Crippen LogP contribution in [0.3, 0.4) is 0 Å². The van der Waals surface area contributed by atoms with Gasteiger partial charge in [0.2, 0.25) is 5.95 Å². The molecule has 1 aliphatic rings. The lowest BCUT2D eigenvalue weighted by atomic mass is 10.1. The van der Waals surface area contributed by atoms with Crippen molar-refractivity contribution in [3.8, 4) is 0 Å². The second-order valence-electron chi connectivity index (χ2n) is 5.09. The number of hydrogen-bond donors (Lipinski definition) is 4. The minimum absolute atomic E-state index is 0.0510. The number of hydrogen-bond acceptors (Lipinski definition) is 8. The van der Waals surface area contributed by atoms with E-state index >= 15 is 0 Å². The van der Waals surface area contributed by atoms with Gasteiger partial charge < -0.3 is 25.4 Å². The third-order valence-corrected chi connectivity index (χ3v) is 3.76. The molecule has 1 fully saturated rings. The number of H-pyrrole nitrogens is 1. The maximum Gasteiger partial charge on any atom is 0.280 e. The molecule has 0 aliphatic carbocycles. The largest absolute Gasteiger partial charge is 0.394 e. The van der Waals surface area contributed by atoms with Gasteiger partial charge in [0.05, 0.1) is 6.61 Å². The van der Waals surface area contributed by atoms with E-state index in [1.165, 1.54) is 11.7 Å². The van der Waals surface area contributed by atoms with Gasteiger partial charge in [-0.05, 0) is 6.92 Å². The molecule has 1 saturated heterocycles. The normalized spacial score (nSPS) is 28.5. The Bertz CT molecular complexity index is 756. The number of aromatic nitrogens is 4. The summed E-state index contributed by atoms with van der Waals surface area (Å²) in [6.45, 7) is 1.31. The van der Waals surface area contributed by atoms with Gasteiger partial charge in [0.25, 0.3) is 5.56 Å². The van der Waals surface area contributed by atoms with E-state index in [4.69, 9.17) is 15.2 Å². The smallest absolute Gasteiger partial charge is 0.280 e. The molecule has 0 bridgehead atoms. The van der Waals surface area contributed by atoms with Gasteiger partial charge in [-0.15, -0.1) is 0 Å². The van der Waals surface area contributed by atoms with E-state index in [-0.39, 0.29) is 23.7 Å². The number of aryl methyl sites for hydroxylation is 1. The highest BCUT2D eigenvalue weighted by Gasteiger charge is 2.45. The second kappa shape index (κ2) is 5.32. The number of fused-ring (bicyclic) bond motifs is 1. The van der Waals surface area contributed by atoms with Gasteiger partial charge in [-0.3, -0.25) is 14.3 Å². The van der Waals surface area contributed by atoms with Gasteiger partial charge >= 0.3 is 0 Å². The zero-order chi connectivity index (χ0) is 16.0. The summed E-state index contributed by atoms with van der Waals surface area (Å²) in [4.78, 5) is 22.5. The number of imidazole rings is 1. The molecular formula is C12H17N5O5. The van der Waals surface area contributed by atoms with Crippen molar-refractivity contribution in [3.05, 3.63) is 16.2 Å². The minimum atomic E-state index is -1.02. The Morgan fingerprint density at radius 2 is 2.23 bits per heavy atom. The molecule has 0 spiro atoms. The molecule has 3 heterocycles. The van der Waals surface area contributed by atoms with Crippen LogP contribution in [-0.2, 0) is 9.47 Å². The summed E-state index contributed by atoms with van der Waals surface area (Å²) in [5, 5.41) is 19.4. The van der Waals surface area contributed by atoms with Crippen molar-refractivity contribution in [2.24, 2.45) is 0 Å². The summed E-state index contributed by atoms with van der Waals surface area (Å²) in [6, 6.07) is 0. The van der Waals surface area contributed by atoms with Crippen LogP contribution in [0.15, 0.2) is 4.79 Å². The summed E-state index contributed by atoms with van der Waals surface area (Å²) < 4.78 is 12.5. The number of methoxy groups -OCH3 is 1. The molecule has 3 rings (SSSR count). The molecule has 22 heavy (non-hydrogen) atoms. The number of nitrogens with two attached hydrogens (primary N) is 1. The molecule has 10 nitrogen and oxygen atoms in total. The van der Waals surface area contributed by atoms with Crippen LogP contribution in [0.1, 0.15) is 12.1 Å². The zero-order valence-corrected chi connectivity index (χ0v) is 12.1. The lowest BCUT2D eigenvalue weighted by Crippen LogP contribution is -2.34. The number of nitrogens with zero attached hydrogens (tertiary/aromatic N) is 3. The van der Waals surface area contributed by atoms with Gasteiger partial charge in [-0.2, -0.15) is 4.98 Å². The molecule has 1 aliphatic heterocycles. The van der Waals surface area contributed by atoms with Gasteiger partial charge in [-0.25, -0.2) is 4.98 Å². The molecule has 2 aromatic heterocycles. The first-order valence-electron chi connectivity index (χ1n) is 6.69. The number of aromatic amines is 1. The minimum Gasteiger partial charge on any atom is -0.394 e. The van der Waals surface area contributed by atoms with Crippen LogP contribution in [-0.4, -0.2) is 61.8 Å². The number of nitrogen functional groups attached to an aromatic ring is 1. The van der Waals surface area contributed by atoms with Gasteiger partial charge in [0.15, 0.2) is 17.4 Å². The fraction of sp³-hybridized carbons (Fsp3) is 0.583. The van der Waals surface area contributed by atoms with Gasteiger partial charge in [-0.1, -0.05) is 0 Å². The first-order chi connectivity index (χ1) is 10.5. The summed E-state index contributed by atoms with van der Waals surface area (Å²) in [6.07, 6.45) is -3.34. The second-order valence-corrected chi connectivity index (χ2v) is 5.09. The topological polar surface area (TPSA) is 149 Å². The average Bonchev–Trinajstić information content (AvgIpc) is 2.95. The highest BCUT2D eigenvalue weighted by molar-refractivity contribution is 5.71. The maximum absolute atomic E-state index is 11.9. The molecule has 0 aromatic carbocycles. The predicted octanol–water partition coefficient (Wildman–Crippen LogP) is -1.72. The molecule has 4 unspecified atom stereocenters. The first-order valence-corrected chi connectivity index (χ1v) is 6.69.